The van der Waals surface area contributed by atoms with Crippen molar-refractivity contribution in [3.05, 3.63) is 58.6 Å². The predicted molar refractivity (Wildman–Crippen MR) is 79.3 cm³/mol. The van der Waals surface area contributed by atoms with Crippen molar-refractivity contribution in [3.8, 4) is 11.8 Å². The standard InChI is InChI=1S/C16H11ClN2O2/c17-13-5-6-15-14(7-13)19(16(20)10-21-15)9-12-3-1-11(8-18)2-4-12/h1-7H,9-10H2. The van der Waals surface area contributed by atoms with E-state index in [1.54, 1.807) is 35.2 Å². The van der Waals surface area contributed by atoms with Crippen molar-refractivity contribution < 1.29 is 9.53 Å². The van der Waals surface area contributed by atoms with E-state index < -0.39 is 0 Å². The molecule has 2 aromatic rings. The Kier molecular flexibility index (Phi) is 3.51. The molecule has 1 amide bonds. The summed E-state index contributed by atoms with van der Waals surface area (Å²) in [5.74, 6) is 0.529. The highest BCUT2D eigenvalue weighted by molar-refractivity contribution is 6.31. The van der Waals surface area contributed by atoms with Crippen LogP contribution in [0.1, 0.15) is 11.1 Å². The Morgan fingerprint density at radius 1 is 1.24 bits per heavy atom. The number of carbonyl (C=O) groups is 1. The normalized spacial score (nSPS) is 13.3. The second kappa shape index (κ2) is 5.47. The number of benzene rings is 2. The molecule has 0 aliphatic carbocycles. The zero-order valence-electron chi connectivity index (χ0n) is 11.0. The molecule has 3 rings (SSSR count). The summed E-state index contributed by atoms with van der Waals surface area (Å²) in [5.41, 5.74) is 2.20. The lowest BCUT2D eigenvalue weighted by molar-refractivity contribution is -0.121. The minimum atomic E-state index is -0.117. The summed E-state index contributed by atoms with van der Waals surface area (Å²) in [7, 11) is 0. The minimum absolute atomic E-state index is 0.0188. The molecule has 104 valence electrons. The molecule has 1 aliphatic heterocycles. The summed E-state index contributed by atoms with van der Waals surface area (Å²) < 4.78 is 5.40. The number of nitriles is 1. The number of halogens is 1. The van der Waals surface area contributed by atoms with Gasteiger partial charge >= 0.3 is 0 Å². The molecule has 0 spiro atoms. The molecule has 4 nitrogen and oxygen atoms in total. The Morgan fingerprint density at radius 3 is 2.71 bits per heavy atom. The topological polar surface area (TPSA) is 53.3 Å². The van der Waals surface area contributed by atoms with Gasteiger partial charge in [-0.25, -0.2) is 0 Å². The van der Waals surface area contributed by atoms with Crippen LogP contribution in [-0.4, -0.2) is 12.5 Å². The van der Waals surface area contributed by atoms with Crippen LogP contribution in [-0.2, 0) is 11.3 Å². The number of ether oxygens (including phenoxy) is 1. The van der Waals surface area contributed by atoms with Gasteiger partial charge in [0.15, 0.2) is 6.61 Å². The number of hydrogen-bond donors (Lipinski definition) is 0. The molecule has 0 saturated carbocycles. The first-order valence-corrected chi connectivity index (χ1v) is 6.77. The Bertz CT molecular complexity index is 735. The van der Waals surface area contributed by atoms with Crippen LogP contribution in [0.25, 0.3) is 0 Å². The van der Waals surface area contributed by atoms with Gasteiger partial charge in [-0.05, 0) is 35.9 Å². The van der Waals surface area contributed by atoms with Gasteiger partial charge in [-0.3, -0.25) is 4.79 Å². The maximum atomic E-state index is 12.1. The first-order valence-electron chi connectivity index (χ1n) is 6.39. The van der Waals surface area contributed by atoms with E-state index in [1.807, 2.05) is 12.1 Å². The molecular weight excluding hydrogens is 288 g/mol. The van der Waals surface area contributed by atoms with E-state index in [9.17, 15) is 4.79 Å². The van der Waals surface area contributed by atoms with Crippen LogP contribution in [0.4, 0.5) is 5.69 Å². The largest absolute Gasteiger partial charge is 0.482 e. The van der Waals surface area contributed by atoms with Gasteiger partial charge in [0, 0.05) is 5.02 Å². The van der Waals surface area contributed by atoms with E-state index in [4.69, 9.17) is 21.6 Å². The van der Waals surface area contributed by atoms with Crippen LogP contribution in [0.5, 0.6) is 5.75 Å². The molecule has 0 saturated heterocycles. The van der Waals surface area contributed by atoms with Gasteiger partial charge in [0.1, 0.15) is 5.75 Å². The quantitative estimate of drug-likeness (QED) is 0.856. The lowest BCUT2D eigenvalue weighted by Gasteiger charge is -2.29. The van der Waals surface area contributed by atoms with Crippen LogP contribution >= 0.6 is 11.6 Å². The van der Waals surface area contributed by atoms with E-state index in [2.05, 4.69) is 6.07 Å². The van der Waals surface area contributed by atoms with Crippen LogP contribution in [0, 0.1) is 11.3 Å². The first kappa shape index (κ1) is 13.5. The number of anilines is 1. The Hall–Kier alpha value is -2.51. The fourth-order valence-electron chi connectivity index (χ4n) is 2.22. The van der Waals surface area contributed by atoms with Crippen molar-refractivity contribution >= 4 is 23.2 Å². The summed E-state index contributed by atoms with van der Waals surface area (Å²) in [6.45, 7) is 0.437. The summed E-state index contributed by atoms with van der Waals surface area (Å²) in [5, 5.41) is 9.36. The van der Waals surface area contributed by atoms with E-state index in [0.717, 1.165) is 5.56 Å². The first-order chi connectivity index (χ1) is 10.2. The Morgan fingerprint density at radius 2 is 2.00 bits per heavy atom. The lowest BCUT2D eigenvalue weighted by atomic mass is 10.1. The SMILES string of the molecule is N#Cc1ccc(CN2C(=O)COc3ccc(Cl)cc32)cc1. The van der Waals surface area contributed by atoms with Gasteiger partial charge in [-0.1, -0.05) is 23.7 Å². The van der Waals surface area contributed by atoms with E-state index in [-0.39, 0.29) is 12.5 Å². The smallest absolute Gasteiger partial charge is 0.265 e. The van der Waals surface area contributed by atoms with Crippen LogP contribution < -0.4 is 9.64 Å². The molecule has 2 aromatic carbocycles. The maximum absolute atomic E-state index is 12.1. The third-order valence-corrected chi connectivity index (χ3v) is 3.52. The van der Waals surface area contributed by atoms with E-state index in [1.165, 1.54) is 0 Å². The molecule has 0 N–H and O–H groups in total. The average molecular weight is 299 g/mol. The summed E-state index contributed by atoms with van der Waals surface area (Å²) in [4.78, 5) is 13.7. The fourth-order valence-corrected chi connectivity index (χ4v) is 2.38. The number of carbonyl (C=O) groups excluding carboxylic acids is 1. The van der Waals surface area contributed by atoms with E-state index >= 15 is 0 Å². The molecule has 1 aliphatic rings. The molecule has 21 heavy (non-hydrogen) atoms. The third-order valence-electron chi connectivity index (χ3n) is 3.29. The maximum Gasteiger partial charge on any atom is 0.265 e. The van der Waals surface area contributed by atoms with Crippen LogP contribution in [0.15, 0.2) is 42.5 Å². The van der Waals surface area contributed by atoms with Gasteiger partial charge < -0.3 is 9.64 Å². The number of rotatable bonds is 2. The Labute approximate surface area is 127 Å². The zero-order valence-corrected chi connectivity index (χ0v) is 11.8. The molecule has 1 heterocycles. The van der Waals surface area contributed by atoms with Gasteiger partial charge in [-0.15, -0.1) is 0 Å². The van der Waals surface area contributed by atoms with Gasteiger partial charge in [0.05, 0.1) is 23.9 Å². The highest BCUT2D eigenvalue weighted by atomic mass is 35.5. The molecule has 0 aromatic heterocycles. The van der Waals surface area contributed by atoms with Gasteiger partial charge in [-0.2, -0.15) is 5.26 Å². The highest BCUT2D eigenvalue weighted by Crippen LogP contribution is 2.35. The lowest BCUT2D eigenvalue weighted by Crippen LogP contribution is -2.38. The third kappa shape index (κ3) is 2.69. The fraction of sp³-hybridized carbons (Fsp3) is 0.125. The van der Waals surface area contributed by atoms with Crippen molar-refractivity contribution in [2.45, 2.75) is 6.54 Å². The van der Waals surface area contributed by atoms with Crippen molar-refractivity contribution in [2.75, 3.05) is 11.5 Å². The molecule has 0 fully saturated rings. The number of hydrogen-bond acceptors (Lipinski definition) is 3. The summed E-state index contributed by atoms with van der Waals surface area (Å²) >= 11 is 6.00. The van der Waals surface area contributed by atoms with E-state index in [0.29, 0.717) is 28.6 Å². The second-order valence-corrected chi connectivity index (χ2v) is 5.13. The van der Waals surface area contributed by atoms with Crippen molar-refractivity contribution in [1.82, 2.24) is 0 Å². The minimum Gasteiger partial charge on any atom is -0.482 e. The second-order valence-electron chi connectivity index (χ2n) is 4.69. The van der Waals surface area contributed by atoms with Crippen LogP contribution in [0.3, 0.4) is 0 Å². The summed E-state index contributed by atoms with van der Waals surface area (Å²) in [6.07, 6.45) is 0. The zero-order chi connectivity index (χ0) is 14.8. The molecule has 5 heteroatoms. The number of nitrogens with zero attached hydrogens (tertiary/aromatic N) is 2. The summed E-state index contributed by atoms with van der Waals surface area (Å²) in [6, 6.07) is 14.4. The van der Waals surface area contributed by atoms with Crippen molar-refractivity contribution in [2.24, 2.45) is 0 Å². The monoisotopic (exact) mass is 298 g/mol. The number of amides is 1. The molecule has 0 atom stereocenters. The van der Waals surface area contributed by atoms with Gasteiger partial charge in [0.25, 0.3) is 5.91 Å². The molecule has 0 radical (unpaired) electrons. The molecule has 0 unspecified atom stereocenters. The highest BCUT2D eigenvalue weighted by Gasteiger charge is 2.25. The number of fused-ring (bicyclic) bond motifs is 1. The van der Waals surface area contributed by atoms with Gasteiger partial charge in [0.2, 0.25) is 0 Å². The Balaban J connectivity index is 1.92. The molecule has 0 bridgehead atoms. The van der Waals surface area contributed by atoms with Crippen LogP contribution in [0.2, 0.25) is 5.02 Å². The predicted octanol–water partition coefficient (Wildman–Crippen LogP) is 3.14. The molecular formula is C16H11ClN2O2. The van der Waals surface area contributed by atoms with Crippen molar-refractivity contribution in [3.63, 3.8) is 0 Å². The van der Waals surface area contributed by atoms with Crippen molar-refractivity contribution in [1.29, 1.82) is 5.26 Å². The average Bonchev–Trinajstić information content (AvgIpc) is 2.51.